The zero-order chi connectivity index (χ0) is 18.1. The zero-order valence-electron chi connectivity index (χ0n) is 13.8. The maximum Gasteiger partial charge on any atom is 0.344 e. The first-order valence-corrected chi connectivity index (χ1v) is 8.75. The summed E-state index contributed by atoms with van der Waals surface area (Å²) in [7, 11) is 0. The smallest absolute Gasteiger partial charge is 0.344 e. The molecule has 0 aliphatic heterocycles. The standard InChI is InChI=1S/C16H16N4O4S/c1-8(2)14-13(20(22)23)12(19-24-14)15(21)18-16-10(7-17)9-5-3-4-6-11(9)25-16/h8H,3-6H2,1-2H3,(H,18,21). The average Bonchev–Trinajstić information content (AvgIpc) is 3.15. The maximum absolute atomic E-state index is 12.5. The second-order valence-electron chi connectivity index (χ2n) is 6.14. The molecule has 0 unspecified atom stereocenters. The highest BCUT2D eigenvalue weighted by molar-refractivity contribution is 7.16. The van der Waals surface area contributed by atoms with E-state index in [1.54, 1.807) is 13.8 Å². The van der Waals surface area contributed by atoms with Gasteiger partial charge in [0.2, 0.25) is 11.5 Å². The van der Waals surface area contributed by atoms with Crippen LogP contribution in [0.15, 0.2) is 4.52 Å². The molecule has 1 N–H and O–H groups in total. The first-order valence-electron chi connectivity index (χ1n) is 7.94. The normalized spacial score (nSPS) is 13.4. The molecule has 0 bridgehead atoms. The van der Waals surface area contributed by atoms with E-state index < -0.39 is 16.5 Å². The van der Waals surface area contributed by atoms with Gasteiger partial charge in [-0.3, -0.25) is 14.9 Å². The van der Waals surface area contributed by atoms with Gasteiger partial charge in [-0.2, -0.15) is 5.26 Å². The Morgan fingerprint density at radius 1 is 1.44 bits per heavy atom. The van der Waals surface area contributed by atoms with Gasteiger partial charge in [0.1, 0.15) is 11.1 Å². The van der Waals surface area contributed by atoms with E-state index in [0.29, 0.717) is 10.6 Å². The average molecular weight is 360 g/mol. The number of fused-ring (bicyclic) bond motifs is 1. The molecule has 0 aromatic carbocycles. The van der Waals surface area contributed by atoms with Gasteiger partial charge in [0.15, 0.2) is 0 Å². The van der Waals surface area contributed by atoms with Crippen LogP contribution in [0.5, 0.6) is 0 Å². The van der Waals surface area contributed by atoms with Crippen molar-refractivity contribution in [2.24, 2.45) is 0 Å². The Balaban J connectivity index is 1.95. The number of nitriles is 1. The van der Waals surface area contributed by atoms with E-state index in [-0.39, 0.29) is 17.4 Å². The maximum atomic E-state index is 12.5. The molecule has 3 rings (SSSR count). The van der Waals surface area contributed by atoms with E-state index in [1.165, 1.54) is 11.3 Å². The number of nitrogens with zero attached hydrogens (tertiary/aromatic N) is 3. The second-order valence-corrected chi connectivity index (χ2v) is 7.24. The summed E-state index contributed by atoms with van der Waals surface area (Å²) in [6.45, 7) is 3.44. The number of hydrogen-bond acceptors (Lipinski definition) is 7. The Hall–Kier alpha value is -2.73. The van der Waals surface area contributed by atoms with E-state index >= 15 is 0 Å². The number of aromatic nitrogens is 1. The first kappa shape index (κ1) is 17.1. The number of rotatable bonds is 4. The molecule has 1 aliphatic carbocycles. The van der Waals surface area contributed by atoms with Crippen LogP contribution in [0.2, 0.25) is 0 Å². The van der Waals surface area contributed by atoms with E-state index in [1.807, 2.05) is 0 Å². The zero-order valence-corrected chi connectivity index (χ0v) is 14.6. The Morgan fingerprint density at radius 2 is 2.16 bits per heavy atom. The molecule has 1 aliphatic rings. The minimum atomic E-state index is -0.738. The molecule has 0 spiro atoms. The third-order valence-corrected chi connectivity index (χ3v) is 5.33. The van der Waals surface area contributed by atoms with Gasteiger partial charge in [-0.25, -0.2) is 0 Å². The highest BCUT2D eigenvalue weighted by Gasteiger charge is 2.34. The fourth-order valence-electron chi connectivity index (χ4n) is 2.94. The van der Waals surface area contributed by atoms with Crippen molar-refractivity contribution in [3.8, 4) is 6.07 Å². The predicted octanol–water partition coefficient (Wildman–Crippen LogP) is 3.77. The van der Waals surface area contributed by atoms with E-state index in [2.05, 4.69) is 16.5 Å². The fraction of sp³-hybridized carbons (Fsp3) is 0.438. The molecule has 0 fully saturated rings. The molecule has 8 nitrogen and oxygen atoms in total. The summed E-state index contributed by atoms with van der Waals surface area (Å²) >= 11 is 1.35. The quantitative estimate of drug-likeness (QED) is 0.654. The lowest BCUT2D eigenvalue weighted by Gasteiger charge is -2.09. The van der Waals surface area contributed by atoms with Crippen LogP contribution in [0.4, 0.5) is 10.7 Å². The number of hydrogen-bond donors (Lipinski definition) is 1. The number of carbonyl (C=O) groups is 1. The van der Waals surface area contributed by atoms with Gasteiger partial charge in [-0.15, -0.1) is 11.3 Å². The Labute approximate surface area is 147 Å². The van der Waals surface area contributed by atoms with Crippen LogP contribution in [0.3, 0.4) is 0 Å². The Bertz CT molecular complexity index is 891. The summed E-state index contributed by atoms with van der Waals surface area (Å²) in [4.78, 5) is 24.3. The summed E-state index contributed by atoms with van der Waals surface area (Å²) in [5.41, 5.74) is 0.631. The summed E-state index contributed by atoms with van der Waals surface area (Å²) < 4.78 is 5.00. The number of nitro groups is 1. The summed E-state index contributed by atoms with van der Waals surface area (Å²) in [5.74, 6) is -0.961. The van der Waals surface area contributed by atoms with Crippen LogP contribution in [-0.2, 0) is 12.8 Å². The molecule has 1 amide bonds. The molecule has 0 atom stereocenters. The molecule has 0 saturated carbocycles. The first-order chi connectivity index (χ1) is 11.9. The molecule has 0 saturated heterocycles. The lowest BCUT2D eigenvalue weighted by Crippen LogP contribution is -2.14. The third kappa shape index (κ3) is 3.00. The van der Waals surface area contributed by atoms with Crippen molar-refractivity contribution >= 4 is 27.9 Å². The van der Waals surface area contributed by atoms with Gasteiger partial charge in [0.25, 0.3) is 5.91 Å². The fourth-order valence-corrected chi connectivity index (χ4v) is 4.17. The van der Waals surface area contributed by atoms with Crippen molar-refractivity contribution in [2.45, 2.75) is 45.4 Å². The Morgan fingerprint density at radius 3 is 2.80 bits per heavy atom. The highest BCUT2D eigenvalue weighted by Crippen LogP contribution is 2.38. The van der Waals surface area contributed by atoms with Crippen LogP contribution in [0, 0.1) is 21.4 Å². The minimum absolute atomic E-state index is 0.0566. The van der Waals surface area contributed by atoms with Crippen LogP contribution >= 0.6 is 11.3 Å². The molecular formula is C16H16N4O4S. The molecular weight excluding hydrogens is 344 g/mol. The van der Waals surface area contributed by atoms with Gasteiger partial charge in [0.05, 0.1) is 10.5 Å². The number of aryl methyl sites for hydroxylation is 1. The molecule has 2 aromatic heterocycles. The molecule has 2 aromatic rings. The molecule has 130 valence electrons. The summed E-state index contributed by atoms with van der Waals surface area (Å²) in [6, 6.07) is 2.14. The van der Waals surface area contributed by atoms with Crippen LogP contribution in [0.1, 0.15) is 64.9 Å². The van der Waals surface area contributed by atoms with Crippen LogP contribution in [0.25, 0.3) is 0 Å². The van der Waals surface area contributed by atoms with Gasteiger partial charge >= 0.3 is 5.69 Å². The molecule has 2 heterocycles. The van der Waals surface area contributed by atoms with Crippen LogP contribution in [-0.4, -0.2) is 16.0 Å². The largest absolute Gasteiger partial charge is 0.353 e. The van der Waals surface area contributed by atoms with Gasteiger partial charge in [-0.05, 0) is 31.2 Å². The molecule has 0 radical (unpaired) electrons. The third-order valence-electron chi connectivity index (χ3n) is 4.13. The number of anilines is 1. The van der Waals surface area contributed by atoms with Crippen molar-refractivity contribution in [1.29, 1.82) is 5.26 Å². The molecule has 9 heteroatoms. The lowest BCUT2D eigenvalue weighted by molar-refractivity contribution is -0.386. The highest BCUT2D eigenvalue weighted by atomic mass is 32.1. The van der Waals surface area contributed by atoms with Gasteiger partial charge < -0.3 is 9.84 Å². The van der Waals surface area contributed by atoms with E-state index in [9.17, 15) is 20.2 Å². The van der Waals surface area contributed by atoms with Crippen molar-refractivity contribution in [3.05, 3.63) is 37.6 Å². The van der Waals surface area contributed by atoms with Crippen molar-refractivity contribution in [2.75, 3.05) is 5.32 Å². The van der Waals surface area contributed by atoms with Crippen LogP contribution < -0.4 is 5.32 Å². The summed E-state index contributed by atoms with van der Waals surface area (Å²) in [6.07, 6.45) is 3.76. The monoisotopic (exact) mass is 360 g/mol. The Kier molecular flexibility index (Phi) is 4.55. The van der Waals surface area contributed by atoms with Crippen molar-refractivity contribution < 1.29 is 14.2 Å². The van der Waals surface area contributed by atoms with Crippen molar-refractivity contribution in [1.82, 2.24) is 5.16 Å². The van der Waals surface area contributed by atoms with Gasteiger partial charge in [-0.1, -0.05) is 19.0 Å². The topological polar surface area (TPSA) is 122 Å². The lowest BCUT2D eigenvalue weighted by atomic mass is 9.96. The van der Waals surface area contributed by atoms with E-state index in [0.717, 1.165) is 36.1 Å². The van der Waals surface area contributed by atoms with Gasteiger partial charge in [0, 0.05) is 10.8 Å². The van der Waals surface area contributed by atoms with Crippen molar-refractivity contribution in [3.63, 3.8) is 0 Å². The number of carbonyl (C=O) groups excluding carboxylic acids is 1. The SMILES string of the molecule is CC(C)c1onc(C(=O)Nc2sc3c(c2C#N)CCCC3)c1[N+](=O)[O-]. The minimum Gasteiger partial charge on any atom is -0.353 e. The number of amides is 1. The second kappa shape index (κ2) is 6.64. The predicted molar refractivity (Wildman–Crippen MR) is 90.9 cm³/mol. The van der Waals surface area contributed by atoms with E-state index in [4.69, 9.17) is 4.52 Å². The number of nitrogens with one attached hydrogen (secondary N) is 1. The number of thiophene rings is 1. The summed E-state index contributed by atoms with van der Waals surface area (Å²) in [5, 5.41) is 27.4. The molecule has 25 heavy (non-hydrogen) atoms.